The van der Waals surface area contributed by atoms with Crippen molar-refractivity contribution >= 4 is 5.96 Å². The molecule has 0 saturated heterocycles. The van der Waals surface area contributed by atoms with Gasteiger partial charge < -0.3 is 20.1 Å². The van der Waals surface area contributed by atoms with Crippen molar-refractivity contribution < 1.29 is 4.52 Å². The summed E-state index contributed by atoms with van der Waals surface area (Å²) in [6.07, 6.45) is 2.15. The van der Waals surface area contributed by atoms with Crippen LogP contribution in [0.15, 0.2) is 39.8 Å². The van der Waals surface area contributed by atoms with Crippen LogP contribution in [0, 0.1) is 0 Å². The zero-order valence-corrected chi connectivity index (χ0v) is 18.0. The highest BCUT2D eigenvalue weighted by molar-refractivity contribution is 5.79. The number of nitrogens with zero attached hydrogens (tertiary/aromatic N) is 3. The lowest BCUT2D eigenvalue weighted by Gasteiger charge is -2.11. The Balaban J connectivity index is 1.93. The summed E-state index contributed by atoms with van der Waals surface area (Å²) in [7, 11) is 4.16. The molecule has 2 rings (SSSR count). The van der Waals surface area contributed by atoms with Crippen LogP contribution in [-0.4, -0.2) is 36.7 Å². The number of aliphatic imine (C=N–C) groups is 1. The van der Waals surface area contributed by atoms with E-state index in [1.807, 2.05) is 0 Å². The van der Waals surface area contributed by atoms with Gasteiger partial charge in [0.1, 0.15) is 0 Å². The van der Waals surface area contributed by atoms with Gasteiger partial charge in [0.2, 0.25) is 0 Å². The molecule has 0 atom stereocenters. The number of benzene rings is 1. The van der Waals surface area contributed by atoms with Gasteiger partial charge in [0.15, 0.2) is 11.7 Å². The fourth-order valence-electron chi connectivity index (χ4n) is 3.11. The van der Waals surface area contributed by atoms with Crippen LogP contribution in [0.1, 0.15) is 62.1 Å². The van der Waals surface area contributed by atoms with Gasteiger partial charge in [-0.1, -0.05) is 43.3 Å². The molecule has 0 fully saturated rings. The molecular formula is C22H35N5O. The van der Waals surface area contributed by atoms with Crippen molar-refractivity contribution in [3.63, 3.8) is 0 Å². The molecule has 2 N–H and O–H groups in total. The standard InChI is InChI=1S/C22H35N5O/c1-6-19(7-2)21-13-20(28-26-21)15-25-22(23-8-3)24-14-17-9-11-18(12-10-17)16-27(4)5/h9-13,19H,6-8,14-16H2,1-5H3,(H2,23,24,25). The molecule has 0 aliphatic rings. The van der Waals surface area contributed by atoms with Crippen molar-refractivity contribution in [3.8, 4) is 0 Å². The largest absolute Gasteiger partial charge is 0.359 e. The minimum Gasteiger partial charge on any atom is -0.359 e. The van der Waals surface area contributed by atoms with Gasteiger partial charge in [-0.05, 0) is 45.0 Å². The van der Waals surface area contributed by atoms with E-state index in [0.29, 0.717) is 19.0 Å². The number of guanidine groups is 1. The monoisotopic (exact) mass is 385 g/mol. The molecule has 6 nitrogen and oxygen atoms in total. The van der Waals surface area contributed by atoms with Crippen LogP contribution in [0.3, 0.4) is 0 Å². The fraction of sp³-hybridized carbons (Fsp3) is 0.545. The Morgan fingerprint density at radius 3 is 2.36 bits per heavy atom. The molecule has 1 aromatic carbocycles. The minimum absolute atomic E-state index is 0.467. The van der Waals surface area contributed by atoms with E-state index in [1.54, 1.807) is 0 Å². The SMILES string of the molecule is CCNC(=NCc1ccc(CN(C)C)cc1)NCc1cc(C(CC)CC)no1. The zero-order chi connectivity index (χ0) is 20.4. The highest BCUT2D eigenvalue weighted by Crippen LogP contribution is 2.22. The van der Waals surface area contributed by atoms with Crippen molar-refractivity contribution in [1.82, 2.24) is 20.7 Å². The summed E-state index contributed by atoms with van der Waals surface area (Å²) in [6.45, 7) is 9.39. The molecule has 28 heavy (non-hydrogen) atoms. The lowest BCUT2D eigenvalue weighted by Crippen LogP contribution is -2.36. The molecule has 0 saturated carbocycles. The van der Waals surface area contributed by atoms with Crippen molar-refractivity contribution in [1.29, 1.82) is 0 Å². The Kier molecular flexibility index (Phi) is 9.01. The van der Waals surface area contributed by atoms with Crippen molar-refractivity contribution in [2.45, 2.75) is 59.2 Å². The fourth-order valence-corrected chi connectivity index (χ4v) is 3.11. The summed E-state index contributed by atoms with van der Waals surface area (Å²) in [6, 6.07) is 10.7. The number of hydrogen-bond donors (Lipinski definition) is 2. The quantitative estimate of drug-likeness (QED) is 0.480. The molecule has 0 unspecified atom stereocenters. The summed E-state index contributed by atoms with van der Waals surface area (Å²) in [5.41, 5.74) is 3.54. The summed E-state index contributed by atoms with van der Waals surface area (Å²) < 4.78 is 5.49. The predicted octanol–water partition coefficient (Wildman–Crippen LogP) is 3.90. The van der Waals surface area contributed by atoms with E-state index in [1.165, 1.54) is 11.1 Å². The van der Waals surface area contributed by atoms with E-state index >= 15 is 0 Å². The van der Waals surface area contributed by atoms with Gasteiger partial charge in [0.05, 0.1) is 18.8 Å². The third-order valence-electron chi connectivity index (χ3n) is 4.70. The highest BCUT2D eigenvalue weighted by atomic mass is 16.5. The molecule has 2 aromatic rings. The van der Waals surface area contributed by atoms with E-state index in [0.717, 1.165) is 43.3 Å². The first-order valence-corrected chi connectivity index (χ1v) is 10.3. The molecule has 154 valence electrons. The van der Waals surface area contributed by atoms with Crippen molar-refractivity contribution in [2.24, 2.45) is 4.99 Å². The van der Waals surface area contributed by atoms with Gasteiger partial charge in [-0.3, -0.25) is 0 Å². The molecule has 0 spiro atoms. The Bertz CT molecular complexity index is 717. The molecule has 1 heterocycles. The van der Waals surface area contributed by atoms with Gasteiger partial charge in [-0.15, -0.1) is 0 Å². The van der Waals surface area contributed by atoms with E-state index in [2.05, 4.69) is 90.9 Å². The third-order valence-corrected chi connectivity index (χ3v) is 4.70. The smallest absolute Gasteiger partial charge is 0.191 e. The molecule has 0 amide bonds. The van der Waals surface area contributed by atoms with Crippen molar-refractivity contribution in [3.05, 3.63) is 52.9 Å². The van der Waals surface area contributed by atoms with Crippen LogP contribution in [0.4, 0.5) is 0 Å². The Hall–Kier alpha value is -2.34. The van der Waals surface area contributed by atoms with E-state index in [4.69, 9.17) is 4.52 Å². The average molecular weight is 386 g/mol. The second-order valence-corrected chi connectivity index (χ2v) is 7.33. The lowest BCUT2D eigenvalue weighted by atomic mass is 9.99. The lowest BCUT2D eigenvalue weighted by molar-refractivity contribution is 0.368. The van der Waals surface area contributed by atoms with Gasteiger partial charge in [0.25, 0.3) is 0 Å². The summed E-state index contributed by atoms with van der Waals surface area (Å²) in [5, 5.41) is 10.8. The summed E-state index contributed by atoms with van der Waals surface area (Å²) in [5.74, 6) is 2.08. The van der Waals surface area contributed by atoms with E-state index < -0.39 is 0 Å². The predicted molar refractivity (Wildman–Crippen MR) is 115 cm³/mol. The van der Waals surface area contributed by atoms with E-state index in [9.17, 15) is 0 Å². The van der Waals surface area contributed by atoms with Crippen LogP contribution >= 0.6 is 0 Å². The number of aromatic nitrogens is 1. The molecule has 1 aromatic heterocycles. The topological polar surface area (TPSA) is 65.7 Å². The molecule has 0 radical (unpaired) electrons. The maximum Gasteiger partial charge on any atom is 0.191 e. The molecular weight excluding hydrogens is 350 g/mol. The number of hydrogen-bond acceptors (Lipinski definition) is 4. The normalized spacial score (nSPS) is 12.0. The first kappa shape index (κ1) is 22.0. The van der Waals surface area contributed by atoms with E-state index in [-0.39, 0.29) is 0 Å². The summed E-state index contributed by atoms with van der Waals surface area (Å²) in [4.78, 5) is 6.85. The molecule has 6 heteroatoms. The van der Waals surface area contributed by atoms with Crippen LogP contribution in [-0.2, 0) is 19.6 Å². The zero-order valence-electron chi connectivity index (χ0n) is 18.0. The van der Waals surface area contributed by atoms with Gasteiger partial charge in [0, 0.05) is 25.1 Å². The Morgan fingerprint density at radius 1 is 1.07 bits per heavy atom. The molecule has 0 bridgehead atoms. The molecule has 0 aliphatic carbocycles. The first-order valence-electron chi connectivity index (χ1n) is 10.3. The summed E-state index contributed by atoms with van der Waals surface area (Å²) >= 11 is 0. The van der Waals surface area contributed by atoms with Crippen molar-refractivity contribution in [2.75, 3.05) is 20.6 Å². The Labute approximate surface area is 169 Å². The maximum absolute atomic E-state index is 5.49. The minimum atomic E-state index is 0.467. The second-order valence-electron chi connectivity index (χ2n) is 7.33. The highest BCUT2D eigenvalue weighted by Gasteiger charge is 2.13. The van der Waals surface area contributed by atoms with Crippen LogP contribution in [0.25, 0.3) is 0 Å². The first-order chi connectivity index (χ1) is 13.5. The number of rotatable bonds is 10. The second kappa shape index (κ2) is 11.5. The third kappa shape index (κ3) is 7.00. The van der Waals surface area contributed by atoms with Crippen LogP contribution in [0.2, 0.25) is 0 Å². The van der Waals surface area contributed by atoms with Gasteiger partial charge in [-0.2, -0.15) is 0 Å². The van der Waals surface area contributed by atoms with Gasteiger partial charge >= 0.3 is 0 Å². The average Bonchev–Trinajstić information content (AvgIpc) is 3.14. The maximum atomic E-state index is 5.49. The number of nitrogens with one attached hydrogen (secondary N) is 2. The van der Waals surface area contributed by atoms with Crippen LogP contribution < -0.4 is 10.6 Å². The van der Waals surface area contributed by atoms with Gasteiger partial charge in [-0.25, -0.2) is 4.99 Å². The molecule has 0 aliphatic heterocycles. The Morgan fingerprint density at radius 2 is 1.75 bits per heavy atom. The van der Waals surface area contributed by atoms with Crippen LogP contribution in [0.5, 0.6) is 0 Å².